The molecule has 3 atom stereocenters. The number of ether oxygens (including phenoxy) is 1. The number of carbonyl (C=O) groups excluding carboxylic acids is 1. The standard InChI is InChI=1S/C14H16F3NO4/c1-3-21-12(19)10-11(9-7-5-4-6-8-9)18(2)22-13(10,20)14(15,16)17/h4-8,10-11,20H,3H2,1-2H3/t10-,11-,13-/m1/s1. The largest absolute Gasteiger partial charge is 0.466 e. The van der Waals surface area contributed by atoms with E-state index in [0.717, 1.165) is 5.06 Å². The molecule has 122 valence electrons. The molecule has 0 amide bonds. The van der Waals surface area contributed by atoms with Gasteiger partial charge in [-0.05, 0) is 12.5 Å². The smallest absolute Gasteiger partial charge is 0.445 e. The quantitative estimate of drug-likeness (QED) is 0.864. The van der Waals surface area contributed by atoms with E-state index < -0.39 is 29.9 Å². The summed E-state index contributed by atoms with van der Waals surface area (Å²) < 4.78 is 44.5. The van der Waals surface area contributed by atoms with Crippen molar-refractivity contribution in [3.63, 3.8) is 0 Å². The molecule has 0 unspecified atom stereocenters. The van der Waals surface area contributed by atoms with E-state index in [0.29, 0.717) is 5.56 Å². The summed E-state index contributed by atoms with van der Waals surface area (Å²) in [6.07, 6.45) is -5.15. The van der Waals surface area contributed by atoms with Crippen LogP contribution in [0.25, 0.3) is 0 Å². The minimum Gasteiger partial charge on any atom is -0.466 e. The number of rotatable bonds is 3. The van der Waals surface area contributed by atoms with Crippen LogP contribution in [0, 0.1) is 5.92 Å². The number of hydrogen-bond acceptors (Lipinski definition) is 5. The molecule has 5 nitrogen and oxygen atoms in total. The Morgan fingerprint density at radius 2 is 2.00 bits per heavy atom. The summed E-state index contributed by atoms with van der Waals surface area (Å²) in [7, 11) is 1.23. The van der Waals surface area contributed by atoms with Gasteiger partial charge in [0.1, 0.15) is 5.92 Å². The molecular weight excluding hydrogens is 303 g/mol. The molecule has 8 heteroatoms. The lowest BCUT2D eigenvalue weighted by Crippen LogP contribution is -2.53. The molecule has 0 aromatic heterocycles. The molecule has 0 spiro atoms. The first kappa shape index (κ1) is 16.7. The van der Waals surface area contributed by atoms with Gasteiger partial charge in [-0.3, -0.25) is 9.63 Å². The molecule has 2 rings (SSSR count). The Balaban J connectivity index is 2.50. The number of esters is 1. The van der Waals surface area contributed by atoms with Gasteiger partial charge in [0, 0.05) is 7.05 Å². The molecule has 1 fully saturated rings. The Labute approximate surface area is 125 Å². The lowest BCUT2D eigenvalue weighted by molar-refractivity contribution is -0.400. The molecule has 1 aromatic carbocycles. The summed E-state index contributed by atoms with van der Waals surface area (Å²) in [6.45, 7) is 1.37. The van der Waals surface area contributed by atoms with Crippen LogP contribution in [-0.4, -0.2) is 41.8 Å². The third kappa shape index (κ3) is 2.69. The summed E-state index contributed by atoms with van der Waals surface area (Å²) in [6, 6.07) is 6.92. The maximum Gasteiger partial charge on any atom is 0.445 e. The van der Waals surface area contributed by atoms with E-state index >= 15 is 0 Å². The fourth-order valence-corrected chi connectivity index (χ4v) is 2.56. The van der Waals surface area contributed by atoms with Gasteiger partial charge in [0.2, 0.25) is 0 Å². The molecular formula is C14H16F3NO4. The zero-order chi connectivity index (χ0) is 16.5. The van der Waals surface area contributed by atoms with Crippen LogP contribution >= 0.6 is 0 Å². The van der Waals surface area contributed by atoms with Crippen LogP contribution in [0.1, 0.15) is 18.5 Å². The number of halogens is 3. The van der Waals surface area contributed by atoms with Crippen molar-refractivity contribution in [2.24, 2.45) is 5.92 Å². The fraction of sp³-hybridized carbons (Fsp3) is 0.500. The SMILES string of the molecule is CCOC(=O)[C@H]1[C@@H](c2ccccc2)N(C)O[C@@]1(O)C(F)(F)F. The number of benzene rings is 1. The van der Waals surface area contributed by atoms with Crippen LogP contribution in [0.2, 0.25) is 0 Å². The monoisotopic (exact) mass is 319 g/mol. The molecule has 1 N–H and O–H groups in total. The maximum absolute atomic E-state index is 13.2. The van der Waals surface area contributed by atoms with Crippen molar-refractivity contribution in [2.45, 2.75) is 24.9 Å². The Kier molecular flexibility index (Phi) is 4.46. The van der Waals surface area contributed by atoms with Gasteiger partial charge in [0.15, 0.2) is 0 Å². The Morgan fingerprint density at radius 3 is 2.50 bits per heavy atom. The Hall–Kier alpha value is -1.64. The molecule has 22 heavy (non-hydrogen) atoms. The summed E-state index contributed by atoms with van der Waals surface area (Å²) in [4.78, 5) is 16.7. The molecule has 1 aliphatic rings. The Morgan fingerprint density at radius 1 is 1.41 bits per heavy atom. The van der Waals surface area contributed by atoms with Gasteiger partial charge in [-0.1, -0.05) is 30.3 Å². The van der Waals surface area contributed by atoms with Gasteiger partial charge in [-0.25, -0.2) is 0 Å². The van der Waals surface area contributed by atoms with Gasteiger partial charge >= 0.3 is 12.1 Å². The first-order chi connectivity index (χ1) is 10.2. The second kappa shape index (κ2) is 5.86. The first-order valence-electron chi connectivity index (χ1n) is 6.65. The van der Waals surface area contributed by atoms with Crippen molar-refractivity contribution in [3.8, 4) is 0 Å². The van der Waals surface area contributed by atoms with Gasteiger partial charge in [-0.2, -0.15) is 18.2 Å². The number of aliphatic hydroxyl groups is 1. The summed E-state index contributed by atoms with van der Waals surface area (Å²) >= 11 is 0. The predicted octanol–water partition coefficient (Wildman–Crippen LogP) is 2.03. The topological polar surface area (TPSA) is 59.0 Å². The summed E-state index contributed by atoms with van der Waals surface area (Å²) in [5.74, 6) is -6.74. The number of hydrogen-bond donors (Lipinski definition) is 1. The average Bonchev–Trinajstić information content (AvgIpc) is 2.72. The van der Waals surface area contributed by atoms with Crippen LogP contribution in [0.3, 0.4) is 0 Å². The van der Waals surface area contributed by atoms with Crippen molar-refractivity contribution < 1.29 is 32.6 Å². The molecule has 1 saturated heterocycles. The van der Waals surface area contributed by atoms with Crippen molar-refractivity contribution in [3.05, 3.63) is 35.9 Å². The van der Waals surface area contributed by atoms with Crippen molar-refractivity contribution in [1.29, 1.82) is 0 Å². The summed E-state index contributed by atoms with van der Waals surface area (Å²) in [5.41, 5.74) is 0.406. The minimum atomic E-state index is -5.15. The zero-order valence-electron chi connectivity index (χ0n) is 12.0. The zero-order valence-corrected chi connectivity index (χ0v) is 12.0. The normalized spacial score (nSPS) is 29.5. The van der Waals surface area contributed by atoms with E-state index in [-0.39, 0.29) is 6.61 Å². The lowest BCUT2D eigenvalue weighted by Gasteiger charge is -2.29. The Bertz CT molecular complexity index is 537. The maximum atomic E-state index is 13.2. The second-order valence-corrected chi connectivity index (χ2v) is 4.92. The van der Waals surface area contributed by atoms with Gasteiger partial charge < -0.3 is 9.84 Å². The average molecular weight is 319 g/mol. The van der Waals surface area contributed by atoms with E-state index in [1.54, 1.807) is 30.3 Å². The van der Waals surface area contributed by atoms with E-state index in [4.69, 9.17) is 4.74 Å². The molecule has 1 heterocycles. The van der Waals surface area contributed by atoms with E-state index in [2.05, 4.69) is 4.84 Å². The highest BCUT2D eigenvalue weighted by Gasteiger charge is 2.71. The van der Waals surface area contributed by atoms with Crippen molar-refractivity contribution in [2.75, 3.05) is 13.7 Å². The van der Waals surface area contributed by atoms with Crippen LogP contribution in [0.4, 0.5) is 13.2 Å². The van der Waals surface area contributed by atoms with Crippen LogP contribution in [0.15, 0.2) is 30.3 Å². The second-order valence-electron chi connectivity index (χ2n) is 4.92. The molecule has 1 aromatic rings. The molecule has 0 bridgehead atoms. The fourth-order valence-electron chi connectivity index (χ4n) is 2.56. The molecule has 0 radical (unpaired) electrons. The third-order valence-corrected chi connectivity index (χ3v) is 3.50. The van der Waals surface area contributed by atoms with Gasteiger partial charge in [0.25, 0.3) is 5.79 Å². The minimum absolute atomic E-state index is 0.103. The molecule has 0 saturated carbocycles. The van der Waals surface area contributed by atoms with Gasteiger partial charge in [0.05, 0.1) is 12.6 Å². The number of hydroxylamine groups is 2. The van der Waals surface area contributed by atoms with E-state index in [9.17, 15) is 23.1 Å². The highest BCUT2D eigenvalue weighted by atomic mass is 19.4. The highest BCUT2D eigenvalue weighted by Crippen LogP contribution is 2.51. The summed E-state index contributed by atoms with van der Waals surface area (Å²) in [5, 5.41) is 10.8. The van der Waals surface area contributed by atoms with Crippen LogP contribution < -0.4 is 0 Å². The predicted molar refractivity (Wildman–Crippen MR) is 69.2 cm³/mol. The number of nitrogens with zero attached hydrogens (tertiary/aromatic N) is 1. The highest BCUT2D eigenvalue weighted by molar-refractivity contribution is 5.75. The third-order valence-electron chi connectivity index (χ3n) is 3.50. The van der Waals surface area contributed by atoms with Crippen LogP contribution in [0.5, 0.6) is 0 Å². The molecule has 1 aliphatic heterocycles. The van der Waals surface area contributed by atoms with E-state index in [1.807, 2.05) is 0 Å². The van der Waals surface area contributed by atoms with Crippen molar-refractivity contribution in [1.82, 2.24) is 5.06 Å². The van der Waals surface area contributed by atoms with Crippen molar-refractivity contribution >= 4 is 5.97 Å². The first-order valence-corrected chi connectivity index (χ1v) is 6.65. The van der Waals surface area contributed by atoms with Gasteiger partial charge in [-0.15, -0.1) is 0 Å². The number of alkyl halides is 3. The number of carbonyl (C=O) groups is 1. The van der Waals surface area contributed by atoms with E-state index in [1.165, 1.54) is 14.0 Å². The van der Waals surface area contributed by atoms with Crippen LogP contribution in [-0.2, 0) is 14.4 Å². The lowest BCUT2D eigenvalue weighted by atomic mass is 9.87. The molecule has 0 aliphatic carbocycles.